The first-order valence-corrected chi connectivity index (χ1v) is 9.70. The van der Waals surface area contributed by atoms with Gasteiger partial charge in [0.25, 0.3) is 0 Å². The summed E-state index contributed by atoms with van der Waals surface area (Å²) in [6.07, 6.45) is 2.99. The van der Waals surface area contributed by atoms with Gasteiger partial charge in [-0.3, -0.25) is 5.10 Å². The van der Waals surface area contributed by atoms with Crippen molar-refractivity contribution in [3.63, 3.8) is 0 Å². The van der Waals surface area contributed by atoms with E-state index in [1.54, 1.807) is 7.11 Å². The Morgan fingerprint density at radius 1 is 1.39 bits per heavy atom. The topological polar surface area (TPSA) is 98.9 Å². The number of imidazole rings is 1. The minimum atomic E-state index is -0.0304. The number of nitrogens with zero attached hydrogens (tertiary/aromatic N) is 3. The molecule has 0 spiro atoms. The fourth-order valence-electron chi connectivity index (χ4n) is 3.80. The molecule has 2 aromatic heterocycles. The number of rotatable bonds is 6. The highest BCUT2D eigenvalue weighted by Crippen LogP contribution is 2.21. The maximum absolute atomic E-state index is 12.6. The van der Waals surface area contributed by atoms with E-state index in [0.717, 1.165) is 60.6 Å². The summed E-state index contributed by atoms with van der Waals surface area (Å²) in [6.45, 7) is 2.43. The van der Waals surface area contributed by atoms with Crippen molar-refractivity contribution in [3.05, 3.63) is 47.5 Å². The smallest absolute Gasteiger partial charge is 0.317 e. The molecule has 4 rings (SSSR count). The minimum absolute atomic E-state index is 0.0304. The highest BCUT2D eigenvalue weighted by Gasteiger charge is 2.24. The molecule has 28 heavy (non-hydrogen) atoms. The first-order valence-electron chi connectivity index (χ1n) is 9.70. The molecule has 8 nitrogen and oxygen atoms in total. The lowest BCUT2D eigenvalue weighted by molar-refractivity contribution is 0.164. The number of hydrogen-bond donors (Lipinski definition) is 3. The number of carbonyl (C=O) groups is 1. The molecule has 3 N–H and O–H groups in total. The Balaban J connectivity index is 1.30. The number of nitrogens with one attached hydrogen (secondary N) is 3. The van der Waals surface area contributed by atoms with Crippen LogP contribution in [0, 0.1) is 5.92 Å². The maximum atomic E-state index is 12.6. The third kappa shape index (κ3) is 4.33. The number of urea groups is 1. The summed E-state index contributed by atoms with van der Waals surface area (Å²) >= 11 is 0. The number of likely N-dealkylation sites (tertiary alicyclic amines) is 1. The van der Waals surface area contributed by atoms with Crippen LogP contribution in [-0.4, -0.2) is 51.3 Å². The van der Waals surface area contributed by atoms with Gasteiger partial charge >= 0.3 is 6.03 Å². The summed E-state index contributed by atoms with van der Waals surface area (Å²) in [6, 6.07) is 9.94. The molecular weight excluding hydrogens is 356 g/mol. The molecular formula is C20H26N6O2. The van der Waals surface area contributed by atoms with Crippen LogP contribution in [0.15, 0.2) is 30.3 Å². The van der Waals surface area contributed by atoms with Gasteiger partial charge in [0.15, 0.2) is 0 Å². The van der Waals surface area contributed by atoms with Crippen LogP contribution in [0.3, 0.4) is 0 Å². The van der Waals surface area contributed by atoms with Crippen LogP contribution in [0.5, 0.6) is 0 Å². The molecule has 8 heteroatoms. The van der Waals surface area contributed by atoms with E-state index in [0.29, 0.717) is 19.1 Å². The van der Waals surface area contributed by atoms with Crippen molar-refractivity contribution >= 4 is 17.1 Å². The van der Waals surface area contributed by atoms with Crippen LogP contribution in [0.2, 0.25) is 0 Å². The number of carbonyl (C=O) groups excluding carboxylic acids is 1. The molecule has 1 fully saturated rings. The van der Waals surface area contributed by atoms with Gasteiger partial charge in [0, 0.05) is 26.6 Å². The lowest BCUT2D eigenvalue weighted by Gasteiger charge is -2.32. The number of aromatic amines is 2. The number of H-pyrrole nitrogens is 2. The third-order valence-electron chi connectivity index (χ3n) is 5.13. The van der Waals surface area contributed by atoms with E-state index in [9.17, 15) is 4.79 Å². The van der Waals surface area contributed by atoms with Crippen LogP contribution >= 0.6 is 0 Å². The highest BCUT2D eigenvalue weighted by atomic mass is 16.5. The van der Waals surface area contributed by atoms with Crippen LogP contribution in [0.4, 0.5) is 4.79 Å². The predicted octanol–water partition coefficient (Wildman–Crippen LogP) is 2.60. The summed E-state index contributed by atoms with van der Waals surface area (Å²) in [7, 11) is 1.63. The monoisotopic (exact) mass is 382 g/mol. The van der Waals surface area contributed by atoms with E-state index in [4.69, 9.17) is 4.74 Å². The number of benzene rings is 1. The minimum Gasteiger partial charge on any atom is -0.378 e. The number of para-hydroxylation sites is 2. The average Bonchev–Trinajstić information content (AvgIpc) is 3.32. The van der Waals surface area contributed by atoms with Gasteiger partial charge in [-0.05, 0) is 37.0 Å². The SMILES string of the molecule is COCc1cc(CNC(=O)N2CCC[C@H](Cc3nc4ccccc4[nH]3)C2)[nH]n1. The van der Waals surface area contributed by atoms with Crippen molar-refractivity contribution in [2.75, 3.05) is 20.2 Å². The first-order chi connectivity index (χ1) is 13.7. The lowest BCUT2D eigenvalue weighted by Crippen LogP contribution is -2.45. The van der Waals surface area contributed by atoms with E-state index >= 15 is 0 Å². The molecule has 0 unspecified atom stereocenters. The lowest BCUT2D eigenvalue weighted by atomic mass is 9.95. The quantitative estimate of drug-likeness (QED) is 0.610. The molecule has 0 aliphatic carbocycles. The van der Waals surface area contributed by atoms with E-state index < -0.39 is 0 Å². The molecule has 148 valence electrons. The second-order valence-corrected chi connectivity index (χ2v) is 7.34. The van der Waals surface area contributed by atoms with Crippen molar-refractivity contribution in [2.45, 2.75) is 32.4 Å². The van der Waals surface area contributed by atoms with Crippen LogP contribution in [-0.2, 0) is 24.3 Å². The molecule has 1 aliphatic heterocycles. The van der Waals surface area contributed by atoms with Gasteiger partial charge in [0.05, 0.1) is 35.6 Å². The van der Waals surface area contributed by atoms with Gasteiger partial charge in [0.1, 0.15) is 5.82 Å². The number of hydrogen-bond acceptors (Lipinski definition) is 4. The Kier molecular flexibility index (Phi) is 5.57. The van der Waals surface area contributed by atoms with E-state index in [1.165, 1.54) is 0 Å². The summed E-state index contributed by atoms with van der Waals surface area (Å²) in [4.78, 5) is 22.6. The molecule has 3 aromatic rings. The normalized spacial score (nSPS) is 17.2. The van der Waals surface area contributed by atoms with Crippen molar-refractivity contribution in [1.29, 1.82) is 0 Å². The van der Waals surface area contributed by atoms with Crippen molar-refractivity contribution in [2.24, 2.45) is 5.92 Å². The Labute approximate surface area is 163 Å². The second-order valence-electron chi connectivity index (χ2n) is 7.34. The zero-order valence-corrected chi connectivity index (χ0v) is 16.1. The zero-order valence-electron chi connectivity index (χ0n) is 16.1. The first kappa shape index (κ1) is 18.5. The van der Waals surface area contributed by atoms with E-state index in [2.05, 4.69) is 25.5 Å². The van der Waals surface area contributed by atoms with Crippen molar-refractivity contribution in [1.82, 2.24) is 30.4 Å². The second kappa shape index (κ2) is 8.43. The standard InChI is InChI=1S/C20H26N6O2/c1-28-13-16-10-15(24-25-16)11-21-20(27)26-8-4-5-14(12-26)9-19-22-17-6-2-3-7-18(17)23-19/h2-3,6-7,10,14H,4-5,8-9,11-13H2,1H3,(H,21,27)(H,22,23)(H,24,25)/t14-/m1/s1. The molecule has 1 saturated heterocycles. The van der Waals surface area contributed by atoms with E-state index in [-0.39, 0.29) is 6.03 Å². The maximum Gasteiger partial charge on any atom is 0.317 e. The fourth-order valence-corrected chi connectivity index (χ4v) is 3.80. The van der Waals surface area contributed by atoms with Crippen LogP contribution < -0.4 is 5.32 Å². The molecule has 0 saturated carbocycles. The number of ether oxygens (including phenoxy) is 1. The Bertz CT molecular complexity index is 901. The average molecular weight is 382 g/mol. The number of methoxy groups -OCH3 is 1. The van der Waals surface area contributed by atoms with Crippen LogP contribution in [0.25, 0.3) is 11.0 Å². The predicted molar refractivity (Wildman–Crippen MR) is 106 cm³/mol. The summed E-state index contributed by atoms with van der Waals surface area (Å²) in [5.41, 5.74) is 3.76. The highest BCUT2D eigenvalue weighted by molar-refractivity contribution is 5.75. The summed E-state index contributed by atoms with van der Waals surface area (Å²) in [5, 5.41) is 10.1. The molecule has 2 amide bonds. The molecule has 3 heterocycles. The molecule has 0 bridgehead atoms. The fraction of sp³-hybridized carbons (Fsp3) is 0.450. The number of aromatic nitrogens is 4. The van der Waals surface area contributed by atoms with Crippen molar-refractivity contribution < 1.29 is 9.53 Å². The summed E-state index contributed by atoms with van der Waals surface area (Å²) < 4.78 is 5.06. The summed E-state index contributed by atoms with van der Waals surface area (Å²) in [5.74, 6) is 1.41. The number of amides is 2. The Morgan fingerprint density at radius 2 is 2.29 bits per heavy atom. The Morgan fingerprint density at radius 3 is 3.14 bits per heavy atom. The zero-order chi connectivity index (χ0) is 19.3. The Hall–Kier alpha value is -2.87. The number of fused-ring (bicyclic) bond motifs is 1. The van der Waals surface area contributed by atoms with Crippen molar-refractivity contribution in [3.8, 4) is 0 Å². The molecule has 1 atom stereocenters. The van der Waals surface area contributed by atoms with Gasteiger partial charge in [-0.25, -0.2) is 9.78 Å². The molecule has 1 aromatic carbocycles. The van der Waals surface area contributed by atoms with Gasteiger partial charge in [0.2, 0.25) is 0 Å². The molecule has 1 aliphatic rings. The third-order valence-corrected chi connectivity index (χ3v) is 5.13. The van der Waals surface area contributed by atoms with Gasteiger partial charge in [-0.1, -0.05) is 12.1 Å². The van der Waals surface area contributed by atoms with Gasteiger partial charge in [-0.15, -0.1) is 0 Å². The van der Waals surface area contributed by atoms with E-state index in [1.807, 2.05) is 35.2 Å². The van der Waals surface area contributed by atoms with Gasteiger partial charge in [-0.2, -0.15) is 5.10 Å². The molecule has 0 radical (unpaired) electrons. The van der Waals surface area contributed by atoms with Gasteiger partial charge < -0.3 is 19.9 Å². The largest absolute Gasteiger partial charge is 0.378 e. The number of piperidine rings is 1. The van der Waals surface area contributed by atoms with Crippen LogP contribution in [0.1, 0.15) is 30.1 Å².